The quantitative estimate of drug-likeness (QED) is 0.757. The fraction of sp³-hybridized carbons (Fsp3) is 0.500. The van der Waals surface area contributed by atoms with Crippen molar-refractivity contribution in [2.45, 2.75) is 5.75 Å². The van der Waals surface area contributed by atoms with Gasteiger partial charge in [-0.15, -0.1) is 11.8 Å². The van der Waals surface area contributed by atoms with E-state index in [1.807, 2.05) is 29.2 Å². The van der Waals surface area contributed by atoms with Gasteiger partial charge in [-0.2, -0.15) is 0 Å². The Kier molecular flexibility index (Phi) is 7.20. The molecule has 5 nitrogen and oxygen atoms in total. The number of nitrogens with one attached hydrogen (secondary N) is 2. The number of likely N-dealkylation sites (N-methyl/N-ethyl adjacent to an activating group) is 1. The normalized spacial score (nSPS) is 15.5. The average Bonchev–Trinajstić information content (AvgIpc) is 2.57. The first kappa shape index (κ1) is 18.1. The number of thioether (sulfide) groups is 1. The summed E-state index contributed by atoms with van der Waals surface area (Å²) in [5, 5.41) is 3.37. The zero-order chi connectivity index (χ0) is 16.7. The maximum Gasteiger partial charge on any atom is 0.274 e. The molecule has 0 saturated carbocycles. The lowest BCUT2D eigenvalue weighted by atomic mass is 10.2. The standard InChI is InChI=1S/C16H22ClN3O2S/c1-18-15(21)10-19-6-8-20(9-7-19)16(22)12-23-11-13-2-4-14(17)5-3-13/h2-5H,6-12H2,1H3,(H,18,21)/p+1. The second-order valence-corrected chi connectivity index (χ2v) is 7.02. The molecule has 0 bridgehead atoms. The number of nitrogens with zero attached hydrogens (tertiary/aromatic N) is 1. The van der Waals surface area contributed by atoms with Crippen molar-refractivity contribution < 1.29 is 14.5 Å². The molecule has 1 fully saturated rings. The molecule has 1 saturated heterocycles. The molecule has 0 radical (unpaired) electrons. The molecule has 1 heterocycles. The molecule has 0 aliphatic carbocycles. The Hall–Kier alpha value is -1.24. The number of piperazine rings is 1. The third kappa shape index (κ3) is 6.05. The van der Waals surface area contributed by atoms with Gasteiger partial charge >= 0.3 is 0 Å². The second kappa shape index (κ2) is 9.15. The van der Waals surface area contributed by atoms with Crippen LogP contribution in [0, 0.1) is 0 Å². The van der Waals surface area contributed by atoms with Gasteiger partial charge < -0.3 is 15.1 Å². The third-order valence-electron chi connectivity index (χ3n) is 3.92. The first-order chi connectivity index (χ1) is 11.1. The highest BCUT2D eigenvalue weighted by molar-refractivity contribution is 7.99. The molecule has 0 aromatic heterocycles. The van der Waals surface area contributed by atoms with Crippen molar-refractivity contribution in [1.29, 1.82) is 0 Å². The van der Waals surface area contributed by atoms with Crippen LogP contribution in [0.25, 0.3) is 0 Å². The lowest BCUT2D eigenvalue weighted by Crippen LogP contribution is -3.15. The van der Waals surface area contributed by atoms with Crippen molar-refractivity contribution in [3.05, 3.63) is 34.9 Å². The van der Waals surface area contributed by atoms with Crippen molar-refractivity contribution in [2.24, 2.45) is 0 Å². The Balaban J connectivity index is 1.67. The van der Waals surface area contributed by atoms with Crippen LogP contribution in [0.4, 0.5) is 0 Å². The summed E-state index contributed by atoms with van der Waals surface area (Å²) < 4.78 is 0. The summed E-state index contributed by atoms with van der Waals surface area (Å²) in [6.07, 6.45) is 0. The molecule has 2 amide bonds. The molecule has 126 valence electrons. The minimum atomic E-state index is 0.0540. The van der Waals surface area contributed by atoms with Crippen molar-refractivity contribution in [2.75, 3.05) is 45.5 Å². The van der Waals surface area contributed by atoms with Gasteiger partial charge in [-0.25, -0.2) is 0 Å². The largest absolute Gasteiger partial charge is 0.354 e. The summed E-state index contributed by atoms with van der Waals surface area (Å²) in [6, 6.07) is 7.71. The number of benzene rings is 1. The lowest BCUT2D eigenvalue weighted by Gasteiger charge is -2.31. The van der Waals surface area contributed by atoms with Gasteiger partial charge in [-0.05, 0) is 17.7 Å². The van der Waals surface area contributed by atoms with E-state index in [4.69, 9.17) is 11.6 Å². The zero-order valence-corrected chi connectivity index (χ0v) is 14.9. The van der Waals surface area contributed by atoms with E-state index in [0.717, 1.165) is 37.0 Å². The highest BCUT2D eigenvalue weighted by atomic mass is 35.5. The Morgan fingerprint density at radius 1 is 1.26 bits per heavy atom. The maximum atomic E-state index is 12.2. The topological polar surface area (TPSA) is 53.9 Å². The summed E-state index contributed by atoms with van der Waals surface area (Å²) in [6.45, 7) is 3.62. The molecule has 1 aromatic carbocycles. The van der Waals surface area contributed by atoms with Crippen molar-refractivity contribution in [3.8, 4) is 0 Å². The summed E-state index contributed by atoms with van der Waals surface area (Å²) in [4.78, 5) is 26.7. The van der Waals surface area contributed by atoms with Crippen LogP contribution in [0.3, 0.4) is 0 Å². The van der Waals surface area contributed by atoms with E-state index in [2.05, 4.69) is 5.32 Å². The molecule has 0 unspecified atom stereocenters. The molecule has 1 aliphatic heterocycles. The number of halogens is 1. The average molecular weight is 357 g/mol. The Morgan fingerprint density at radius 2 is 1.91 bits per heavy atom. The minimum Gasteiger partial charge on any atom is -0.354 e. The molecule has 7 heteroatoms. The highest BCUT2D eigenvalue weighted by Gasteiger charge is 2.24. The van der Waals surface area contributed by atoms with Crippen LogP contribution < -0.4 is 10.2 Å². The van der Waals surface area contributed by atoms with E-state index < -0.39 is 0 Å². The summed E-state index contributed by atoms with van der Waals surface area (Å²) in [7, 11) is 1.65. The first-order valence-corrected chi connectivity index (χ1v) is 9.26. The van der Waals surface area contributed by atoms with Crippen LogP contribution in [0.5, 0.6) is 0 Å². The molecule has 23 heavy (non-hydrogen) atoms. The van der Waals surface area contributed by atoms with E-state index in [-0.39, 0.29) is 11.8 Å². The van der Waals surface area contributed by atoms with E-state index in [0.29, 0.717) is 12.3 Å². The van der Waals surface area contributed by atoms with Gasteiger partial charge in [0.25, 0.3) is 5.91 Å². The Bertz CT molecular complexity index is 531. The first-order valence-electron chi connectivity index (χ1n) is 7.72. The SMILES string of the molecule is CNC(=O)C[NH+]1CCN(C(=O)CSCc2ccc(Cl)cc2)CC1. The van der Waals surface area contributed by atoms with E-state index in [9.17, 15) is 9.59 Å². The van der Waals surface area contributed by atoms with Crippen LogP contribution in [0.1, 0.15) is 5.56 Å². The molecule has 0 atom stereocenters. The van der Waals surface area contributed by atoms with Gasteiger partial charge in [-0.1, -0.05) is 23.7 Å². The molecule has 1 aliphatic rings. The smallest absolute Gasteiger partial charge is 0.274 e. The van der Waals surface area contributed by atoms with Crippen molar-refractivity contribution in [3.63, 3.8) is 0 Å². The number of carbonyl (C=O) groups excluding carboxylic acids is 2. The van der Waals surface area contributed by atoms with Gasteiger partial charge in [-0.3, -0.25) is 9.59 Å². The van der Waals surface area contributed by atoms with Gasteiger partial charge in [0, 0.05) is 17.8 Å². The second-order valence-electron chi connectivity index (χ2n) is 5.60. The maximum absolute atomic E-state index is 12.2. The molecule has 1 aromatic rings. The van der Waals surface area contributed by atoms with Gasteiger partial charge in [0.05, 0.1) is 31.9 Å². The van der Waals surface area contributed by atoms with Gasteiger partial charge in [0.2, 0.25) is 5.91 Å². The van der Waals surface area contributed by atoms with Crippen molar-refractivity contribution >= 4 is 35.2 Å². The number of quaternary nitrogens is 1. The number of carbonyl (C=O) groups is 2. The number of hydrogen-bond acceptors (Lipinski definition) is 3. The Morgan fingerprint density at radius 3 is 2.52 bits per heavy atom. The van der Waals surface area contributed by atoms with Crippen LogP contribution in [-0.4, -0.2) is 62.2 Å². The Labute approximate surface area is 146 Å². The zero-order valence-electron chi connectivity index (χ0n) is 13.3. The molecule has 2 N–H and O–H groups in total. The van der Waals surface area contributed by atoms with Crippen LogP contribution in [0.2, 0.25) is 5.02 Å². The van der Waals surface area contributed by atoms with E-state index in [1.54, 1.807) is 18.8 Å². The monoisotopic (exact) mass is 356 g/mol. The number of rotatable bonds is 6. The minimum absolute atomic E-state index is 0.0540. The third-order valence-corrected chi connectivity index (χ3v) is 5.16. The molecule has 0 spiro atoms. The summed E-state index contributed by atoms with van der Waals surface area (Å²) in [5.74, 6) is 1.54. The van der Waals surface area contributed by atoms with E-state index >= 15 is 0 Å². The summed E-state index contributed by atoms with van der Waals surface area (Å²) in [5.41, 5.74) is 1.17. The van der Waals surface area contributed by atoms with E-state index in [1.165, 1.54) is 10.5 Å². The van der Waals surface area contributed by atoms with Gasteiger partial charge in [0.1, 0.15) is 0 Å². The molecular weight excluding hydrogens is 334 g/mol. The lowest BCUT2D eigenvalue weighted by molar-refractivity contribution is -0.896. The fourth-order valence-electron chi connectivity index (χ4n) is 2.49. The number of amides is 2. The fourth-order valence-corrected chi connectivity index (χ4v) is 3.51. The summed E-state index contributed by atoms with van der Waals surface area (Å²) >= 11 is 7.48. The highest BCUT2D eigenvalue weighted by Crippen LogP contribution is 2.15. The van der Waals surface area contributed by atoms with Crippen LogP contribution in [-0.2, 0) is 15.3 Å². The van der Waals surface area contributed by atoms with Crippen molar-refractivity contribution in [1.82, 2.24) is 10.2 Å². The number of hydrogen-bond donors (Lipinski definition) is 2. The van der Waals surface area contributed by atoms with Crippen LogP contribution in [0.15, 0.2) is 24.3 Å². The van der Waals surface area contributed by atoms with Gasteiger partial charge in [0.15, 0.2) is 6.54 Å². The molecule has 2 rings (SSSR count). The predicted molar refractivity (Wildman–Crippen MR) is 93.8 cm³/mol. The molecular formula is C16H23ClN3O2S+. The van der Waals surface area contributed by atoms with Crippen LogP contribution >= 0.6 is 23.4 Å². The predicted octanol–water partition coefficient (Wildman–Crippen LogP) is 0.0463.